The monoisotopic (exact) mass is 386 g/mol. The van der Waals surface area contributed by atoms with Crippen molar-refractivity contribution in [2.24, 2.45) is 5.73 Å². The highest BCUT2D eigenvalue weighted by Gasteiger charge is 2.12. The topological polar surface area (TPSA) is 75.8 Å². The summed E-state index contributed by atoms with van der Waals surface area (Å²) in [5.41, 5.74) is 7.48. The highest BCUT2D eigenvalue weighted by Crippen LogP contribution is 2.16. The Kier molecular flexibility index (Phi) is 14.6. The third-order valence-electron chi connectivity index (χ3n) is 3.14. The summed E-state index contributed by atoms with van der Waals surface area (Å²) in [5.74, 6) is -0.447. The van der Waals surface area contributed by atoms with Gasteiger partial charge in [0.25, 0.3) is 0 Å². The van der Waals surface area contributed by atoms with Gasteiger partial charge in [0.1, 0.15) is 6.04 Å². The number of carboxylic acids is 1. The number of hydrogen-bond acceptors (Lipinski definition) is 4. The molecule has 0 bridgehead atoms. The van der Waals surface area contributed by atoms with Gasteiger partial charge >= 0.3 is 5.97 Å². The van der Waals surface area contributed by atoms with Crippen molar-refractivity contribution in [2.75, 3.05) is 37.1 Å². The van der Waals surface area contributed by atoms with Crippen molar-refractivity contribution in [3.63, 3.8) is 0 Å². The summed E-state index contributed by atoms with van der Waals surface area (Å²) < 4.78 is 5.37. The number of ether oxygens (including phenoxy) is 1. The minimum atomic E-state index is -0.987. The molecule has 0 aromatic heterocycles. The largest absolute Gasteiger partial charge is 0.480 e. The van der Waals surface area contributed by atoms with Crippen molar-refractivity contribution in [1.82, 2.24) is 0 Å². The molecule has 0 aliphatic rings. The molecule has 1 rings (SSSR count). The molecule has 5 nitrogen and oxygen atoms in total. The van der Waals surface area contributed by atoms with E-state index in [1.807, 2.05) is 31.2 Å². The van der Waals surface area contributed by atoms with Crippen molar-refractivity contribution < 1.29 is 14.6 Å². The van der Waals surface area contributed by atoms with E-state index in [4.69, 9.17) is 27.2 Å². The third kappa shape index (κ3) is 9.23. The lowest BCUT2D eigenvalue weighted by atomic mass is 10.1. The molecule has 0 spiro atoms. The molecule has 1 aromatic rings. The van der Waals surface area contributed by atoms with Crippen LogP contribution in [-0.2, 0) is 16.0 Å². The van der Waals surface area contributed by atoms with Crippen LogP contribution in [0.15, 0.2) is 24.3 Å². The first-order valence-electron chi connectivity index (χ1n) is 7.04. The lowest BCUT2D eigenvalue weighted by Crippen LogP contribution is -2.32. The normalized spacial score (nSPS) is 11.1. The second-order valence-electron chi connectivity index (χ2n) is 4.69. The zero-order chi connectivity index (χ0) is 15.7. The Morgan fingerprint density at radius 3 is 2.39 bits per heavy atom. The molecule has 0 aliphatic carbocycles. The van der Waals surface area contributed by atoms with E-state index in [1.165, 1.54) is 0 Å². The molecule has 0 aliphatic heterocycles. The minimum absolute atomic E-state index is 0. The average Bonchev–Trinajstić information content (AvgIpc) is 2.47. The minimum Gasteiger partial charge on any atom is -0.480 e. The molecule has 3 N–H and O–H groups in total. The second-order valence-corrected chi connectivity index (χ2v) is 5.07. The maximum Gasteiger partial charge on any atom is 0.320 e. The quantitative estimate of drug-likeness (QED) is 0.477. The van der Waals surface area contributed by atoms with Crippen LogP contribution in [0.5, 0.6) is 0 Å². The number of nitrogens with two attached hydrogens (primary N) is 1. The van der Waals surface area contributed by atoms with Crippen LogP contribution in [0, 0.1) is 0 Å². The lowest BCUT2D eigenvalue weighted by molar-refractivity contribution is -0.138. The molecule has 134 valence electrons. The van der Waals surface area contributed by atoms with Gasteiger partial charge in [-0.05, 0) is 31.0 Å². The molecule has 1 aromatic carbocycles. The molecule has 0 amide bonds. The molecule has 0 saturated carbocycles. The van der Waals surface area contributed by atoms with E-state index in [9.17, 15) is 4.79 Å². The van der Waals surface area contributed by atoms with Crippen molar-refractivity contribution in [2.45, 2.75) is 19.4 Å². The number of hydrogen-bond donors (Lipinski definition) is 2. The van der Waals surface area contributed by atoms with Gasteiger partial charge < -0.3 is 20.5 Å². The van der Waals surface area contributed by atoms with Gasteiger partial charge in [-0.15, -0.1) is 36.4 Å². The number of halogens is 3. The van der Waals surface area contributed by atoms with Gasteiger partial charge in [0.2, 0.25) is 0 Å². The Morgan fingerprint density at radius 2 is 1.91 bits per heavy atom. The number of carboxylic acid groups (broad SMARTS) is 1. The molecule has 8 heteroatoms. The fourth-order valence-electron chi connectivity index (χ4n) is 1.98. The molecular formula is C15H25Cl3N2O3. The summed E-state index contributed by atoms with van der Waals surface area (Å²) in [4.78, 5) is 12.9. The van der Waals surface area contributed by atoms with Crippen molar-refractivity contribution >= 4 is 48.1 Å². The van der Waals surface area contributed by atoms with Gasteiger partial charge in [-0.1, -0.05) is 12.1 Å². The molecule has 0 saturated heterocycles. The summed E-state index contributed by atoms with van der Waals surface area (Å²) in [6.45, 7) is 4.82. The van der Waals surface area contributed by atoms with Gasteiger partial charge in [-0.2, -0.15) is 0 Å². The zero-order valence-corrected chi connectivity index (χ0v) is 15.5. The van der Waals surface area contributed by atoms with E-state index in [2.05, 4.69) is 4.90 Å². The first-order valence-corrected chi connectivity index (χ1v) is 7.58. The van der Waals surface area contributed by atoms with Crippen LogP contribution in [0.4, 0.5) is 5.69 Å². The summed E-state index contributed by atoms with van der Waals surface area (Å²) in [6.07, 6.45) is 0.323. The molecule has 1 atom stereocenters. The standard InChI is InChI=1S/C15H23ClN2O3.2ClH/c1-2-21-10-9-18(8-7-16)13-5-3-12(4-6-13)11-14(17)15(19)20;;/h3-6,14H,2,7-11,17H2,1H3,(H,19,20);2*1H/t14-;;/m0../s1. The number of carbonyl (C=O) groups is 1. The van der Waals surface area contributed by atoms with Crippen LogP contribution in [-0.4, -0.2) is 49.3 Å². The number of anilines is 1. The van der Waals surface area contributed by atoms with E-state index in [-0.39, 0.29) is 24.8 Å². The van der Waals surface area contributed by atoms with Crippen LogP contribution in [0.25, 0.3) is 0 Å². The van der Waals surface area contributed by atoms with E-state index >= 15 is 0 Å². The number of nitrogens with zero attached hydrogens (tertiary/aromatic N) is 1. The second kappa shape index (κ2) is 13.7. The Morgan fingerprint density at radius 1 is 1.30 bits per heavy atom. The highest BCUT2D eigenvalue weighted by molar-refractivity contribution is 6.18. The summed E-state index contributed by atoms with van der Waals surface area (Å²) >= 11 is 5.83. The lowest BCUT2D eigenvalue weighted by Gasteiger charge is -2.24. The van der Waals surface area contributed by atoms with Crippen molar-refractivity contribution in [3.05, 3.63) is 29.8 Å². The van der Waals surface area contributed by atoms with Gasteiger partial charge in [0, 0.05) is 31.3 Å². The zero-order valence-electron chi connectivity index (χ0n) is 13.1. The predicted molar refractivity (Wildman–Crippen MR) is 99.7 cm³/mol. The van der Waals surface area contributed by atoms with Crippen LogP contribution in [0.3, 0.4) is 0 Å². The van der Waals surface area contributed by atoms with E-state index < -0.39 is 12.0 Å². The van der Waals surface area contributed by atoms with Crippen molar-refractivity contribution in [1.29, 1.82) is 0 Å². The predicted octanol–water partition coefficient (Wildman–Crippen LogP) is 2.57. The summed E-state index contributed by atoms with van der Waals surface area (Å²) in [7, 11) is 0. The molecule has 23 heavy (non-hydrogen) atoms. The summed E-state index contributed by atoms with van der Waals surface area (Å²) in [6, 6.07) is 6.86. The van der Waals surface area contributed by atoms with Gasteiger partial charge in [0.05, 0.1) is 6.61 Å². The van der Waals surface area contributed by atoms with E-state index in [0.29, 0.717) is 25.5 Å². The van der Waals surface area contributed by atoms with Gasteiger partial charge in [-0.3, -0.25) is 4.79 Å². The Labute approximate surface area is 154 Å². The SMILES string of the molecule is CCOCCN(CCCl)c1ccc(C[C@H](N)C(=O)O)cc1.Cl.Cl. The molecular weight excluding hydrogens is 363 g/mol. The maximum atomic E-state index is 10.7. The molecule has 0 radical (unpaired) electrons. The number of benzene rings is 1. The maximum absolute atomic E-state index is 10.7. The molecule has 0 heterocycles. The fraction of sp³-hybridized carbons (Fsp3) is 0.533. The first-order chi connectivity index (χ1) is 10.1. The third-order valence-corrected chi connectivity index (χ3v) is 3.31. The average molecular weight is 388 g/mol. The van der Waals surface area contributed by atoms with Crippen LogP contribution in [0.2, 0.25) is 0 Å². The van der Waals surface area contributed by atoms with Crippen molar-refractivity contribution in [3.8, 4) is 0 Å². The smallest absolute Gasteiger partial charge is 0.320 e. The molecule has 0 unspecified atom stereocenters. The van der Waals surface area contributed by atoms with E-state index in [1.54, 1.807) is 0 Å². The Bertz CT molecular complexity index is 432. The first kappa shape index (κ1) is 24.5. The van der Waals surface area contributed by atoms with Gasteiger partial charge in [-0.25, -0.2) is 0 Å². The Balaban J connectivity index is 0. The molecule has 0 fully saturated rings. The van der Waals surface area contributed by atoms with Crippen LogP contribution in [0.1, 0.15) is 12.5 Å². The number of aliphatic carboxylic acids is 1. The van der Waals surface area contributed by atoms with E-state index in [0.717, 1.165) is 24.3 Å². The van der Waals surface area contributed by atoms with Crippen LogP contribution >= 0.6 is 36.4 Å². The van der Waals surface area contributed by atoms with Crippen LogP contribution < -0.4 is 10.6 Å². The number of rotatable bonds is 10. The number of alkyl halides is 1. The van der Waals surface area contributed by atoms with Gasteiger partial charge in [0.15, 0.2) is 0 Å². The highest BCUT2D eigenvalue weighted by atomic mass is 35.5. The fourth-order valence-corrected chi connectivity index (χ4v) is 2.18. The summed E-state index contributed by atoms with van der Waals surface area (Å²) in [5, 5.41) is 8.81. The Hall–Kier alpha value is -0.720.